The zero-order valence-electron chi connectivity index (χ0n) is 30.8. The first kappa shape index (κ1) is 31.6. The monoisotopic (exact) mass is 727 g/mol. The van der Waals surface area contributed by atoms with Crippen molar-refractivity contribution >= 4 is 65.4 Å². The summed E-state index contributed by atoms with van der Waals surface area (Å²) in [7, 11) is 0. The number of rotatable bonds is 5. The molecule has 0 radical (unpaired) electrons. The van der Waals surface area contributed by atoms with E-state index < -0.39 is 0 Å². The quantitative estimate of drug-likeness (QED) is 0.177. The Morgan fingerprint density at radius 2 is 0.912 bits per heavy atom. The number of hydrogen-bond acceptors (Lipinski definition) is 2. The van der Waals surface area contributed by atoms with Gasteiger partial charge in [0.25, 0.3) is 0 Å². The molecule has 0 N–H and O–H groups in total. The topological polar surface area (TPSA) is 40.6 Å². The highest BCUT2D eigenvalue weighted by molar-refractivity contribution is 6.20. The second kappa shape index (κ2) is 12.4. The van der Waals surface area contributed by atoms with Gasteiger partial charge in [-0.2, -0.15) is 0 Å². The average molecular weight is 728 g/mol. The molecule has 0 unspecified atom stereocenters. The maximum Gasteiger partial charge on any atom is 0.160 e. The predicted octanol–water partition coefficient (Wildman–Crippen LogP) is 13.1. The van der Waals surface area contributed by atoms with Gasteiger partial charge in [0, 0.05) is 66.7 Å². The third-order valence-corrected chi connectivity index (χ3v) is 11.4. The van der Waals surface area contributed by atoms with Gasteiger partial charge in [-0.1, -0.05) is 115 Å². The van der Waals surface area contributed by atoms with Crippen LogP contribution in [0.25, 0.3) is 105 Å². The summed E-state index contributed by atoms with van der Waals surface area (Å²) in [5, 5.41) is 7.12. The number of fused-ring (bicyclic) bond motifs is 8. The Hall–Kier alpha value is -7.76. The lowest BCUT2D eigenvalue weighted by atomic mass is 10.1. The van der Waals surface area contributed by atoms with E-state index in [9.17, 15) is 0 Å². The molecule has 0 aliphatic heterocycles. The third kappa shape index (κ3) is 4.89. The minimum absolute atomic E-state index is 0.696. The van der Waals surface area contributed by atoms with E-state index in [0.29, 0.717) is 5.82 Å². The normalized spacial score (nSPS) is 11.9. The molecule has 8 aromatic carbocycles. The summed E-state index contributed by atoms with van der Waals surface area (Å²) < 4.78 is 7.12. The number of aromatic nitrogens is 5. The van der Waals surface area contributed by atoms with Crippen LogP contribution in [0.2, 0.25) is 0 Å². The number of hydrogen-bond donors (Lipinski definition) is 0. The van der Waals surface area contributed by atoms with Crippen LogP contribution in [0.3, 0.4) is 0 Å². The van der Waals surface area contributed by atoms with Crippen molar-refractivity contribution in [3.63, 3.8) is 0 Å². The van der Waals surface area contributed by atoms with Crippen molar-refractivity contribution in [2.75, 3.05) is 0 Å². The maximum atomic E-state index is 5.25. The first-order valence-electron chi connectivity index (χ1n) is 19.3. The molecule has 0 amide bonds. The summed E-state index contributed by atoms with van der Waals surface area (Å²) in [6.07, 6.45) is 2.18. The van der Waals surface area contributed by atoms with Gasteiger partial charge in [-0.25, -0.2) is 9.97 Å². The minimum atomic E-state index is 0.696. The Bertz CT molecular complexity index is 3500. The lowest BCUT2D eigenvalue weighted by Crippen LogP contribution is -1.98. The van der Waals surface area contributed by atoms with Gasteiger partial charge in [0.15, 0.2) is 5.82 Å². The summed E-state index contributed by atoms with van der Waals surface area (Å²) in [5.74, 6) is 0.696. The molecule has 0 spiro atoms. The lowest BCUT2D eigenvalue weighted by Gasteiger charge is -2.13. The molecule has 0 saturated carbocycles. The van der Waals surface area contributed by atoms with Gasteiger partial charge in [-0.15, -0.1) is 0 Å². The van der Waals surface area contributed by atoms with Crippen molar-refractivity contribution in [2.45, 2.75) is 0 Å². The van der Waals surface area contributed by atoms with Crippen molar-refractivity contribution in [1.29, 1.82) is 0 Å². The van der Waals surface area contributed by atoms with Crippen LogP contribution in [0.4, 0.5) is 0 Å². The van der Waals surface area contributed by atoms with E-state index in [1.165, 1.54) is 38.0 Å². The smallest absolute Gasteiger partial charge is 0.160 e. The molecular formula is C52H33N5. The summed E-state index contributed by atoms with van der Waals surface area (Å²) >= 11 is 0. The predicted molar refractivity (Wildman–Crippen MR) is 236 cm³/mol. The molecular weight excluding hydrogens is 695 g/mol. The Labute approximate surface area is 328 Å². The van der Waals surface area contributed by atoms with Crippen LogP contribution in [0.1, 0.15) is 0 Å². The maximum absolute atomic E-state index is 5.25. The van der Waals surface area contributed by atoms with Crippen LogP contribution < -0.4 is 0 Å². The SMILES string of the molecule is c1ccc(-c2nc(-c3cccc(-n4c5cc6c(ccn6-c6ccccc6)cc5c5cc6c7ccccc7n(-c7ccccc7)c6cc54)c3)nc3ccccc23)cc1. The fourth-order valence-electron chi connectivity index (χ4n) is 8.86. The van der Waals surface area contributed by atoms with E-state index in [0.717, 1.165) is 61.3 Å². The van der Waals surface area contributed by atoms with Crippen molar-refractivity contribution < 1.29 is 0 Å². The van der Waals surface area contributed by atoms with E-state index in [2.05, 4.69) is 202 Å². The highest BCUT2D eigenvalue weighted by atomic mass is 15.0. The van der Waals surface area contributed by atoms with Crippen molar-refractivity contribution in [3.8, 4) is 39.7 Å². The third-order valence-electron chi connectivity index (χ3n) is 11.4. The highest BCUT2D eigenvalue weighted by Gasteiger charge is 2.21. The molecule has 0 aliphatic rings. The molecule has 266 valence electrons. The Kier molecular flexibility index (Phi) is 6.86. The van der Waals surface area contributed by atoms with Crippen molar-refractivity contribution in [2.24, 2.45) is 0 Å². The first-order chi connectivity index (χ1) is 28.3. The van der Waals surface area contributed by atoms with Crippen LogP contribution in [-0.4, -0.2) is 23.7 Å². The molecule has 0 saturated heterocycles. The molecule has 57 heavy (non-hydrogen) atoms. The summed E-state index contributed by atoms with van der Waals surface area (Å²) in [5.41, 5.74) is 13.0. The molecule has 12 rings (SSSR count). The van der Waals surface area contributed by atoms with Crippen LogP contribution in [0, 0.1) is 0 Å². The van der Waals surface area contributed by atoms with E-state index >= 15 is 0 Å². The fraction of sp³-hybridized carbons (Fsp3) is 0. The molecule has 4 aromatic heterocycles. The fourth-order valence-corrected chi connectivity index (χ4v) is 8.86. The Morgan fingerprint density at radius 1 is 0.333 bits per heavy atom. The molecule has 0 fully saturated rings. The number of nitrogens with zero attached hydrogens (tertiary/aromatic N) is 5. The first-order valence-corrected chi connectivity index (χ1v) is 19.3. The molecule has 5 heteroatoms. The molecule has 0 atom stereocenters. The van der Waals surface area contributed by atoms with E-state index in [-0.39, 0.29) is 0 Å². The average Bonchev–Trinajstić information content (AvgIpc) is 3.94. The Balaban J connectivity index is 1.16. The van der Waals surface area contributed by atoms with Gasteiger partial charge >= 0.3 is 0 Å². The van der Waals surface area contributed by atoms with Crippen LogP contribution in [-0.2, 0) is 0 Å². The second-order valence-corrected chi connectivity index (χ2v) is 14.7. The van der Waals surface area contributed by atoms with Gasteiger partial charge in [-0.3, -0.25) is 0 Å². The van der Waals surface area contributed by atoms with Gasteiger partial charge in [0.2, 0.25) is 0 Å². The van der Waals surface area contributed by atoms with Crippen LogP contribution in [0.15, 0.2) is 200 Å². The molecule has 5 nitrogen and oxygen atoms in total. The largest absolute Gasteiger partial charge is 0.316 e. The highest BCUT2D eigenvalue weighted by Crippen LogP contribution is 2.41. The lowest BCUT2D eigenvalue weighted by molar-refractivity contribution is 1.12. The minimum Gasteiger partial charge on any atom is -0.316 e. The second-order valence-electron chi connectivity index (χ2n) is 14.7. The molecule has 4 heterocycles. The zero-order chi connectivity index (χ0) is 37.5. The van der Waals surface area contributed by atoms with Crippen LogP contribution >= 0.6 is 0 Å². The van der Waals surface area contributed by atoms with E-state index in [1.807, 2.05) is 12.1 Å². The number of para-hydroxylation sites is 4. The number of benzene rings is 8. The zero-order valence-corrected chi connectivity index (χ0v) is 30.8. The van der Waals surface area contributed by atoms with Crippen LogP contribution in [0.5, 0.6) is 0 Å². The van der Waals surface area contributed by atoms with Gasteiger partial charge in [0.05, 0.1) is 38.8 Å². The Morgan fingerprint density at radius 3 is 1.70 bits per heavy atom. The van der Waals surface area contributed by atoms with Gasteiger partial charge in [-0.05, 0) is 78.9 Å². The van der Waals surface area contributed by atoms with Gasteiger partial charge in [0.1, 0.15) is 0 Å². The summed E-state index contributed by atoms with van der Waals surface area (Å²) in [6.45, 7) is 0. The van der Waals surface area contributed by atoms with Crippen molar-refractivity contribution in [3.05, 3.63) is 200 Å². The summed E-state index contributed by atoms with van der Waals surface area (Å²) in [4.78, 5) is 10.4. The standard InChI is InChI=1S/C52H33N5/c1-4-15-34(16-5-1)51-41-24-10-12-25-45(41)53-52(54-51)36-17-14-22-39(29-36)57-48-32-47-35(27-28-55(47)37-18-6-2-7-19-37)30-42(48)44-31-43-40-23-11-13-26-46(40)56(49(43)33-50(44)57)38-20-8-3-9-21-38/h1-33H. The van der Waals surface area contributed by atoms with E-state index in [4.69, 9.17) is 9.97 Å². The van der Waals surface area contributed by atoms with E-state index in [1.54, 1.807) is 0 Å². The van der Waals surface area contributed by atoms with Crippen molar-refractivity contribution in [1.82, 2.24) is 23.7 Å². The molecule has 0 bridgehead atoms. The molecule has 12 aromatic rings. The summed E-state index contributed by atoms with van der Waals surface area (Å²) in [6, 6.07) is 69.2. The van der Waals surface area contributed by atoms with Gasteiger partial charge < -0.3 is 13.7 Å². The molecule has 0 aliphatic carbocycles.